The van der Waals surface area contributed by atoms with Crippen LogP contribution in [-0.2, 0) is 0 Å². The Morgan fingerprint density at radius 2 is 1.93 bits per heavy atom. The van der Waals surface area contributed by atoms with E-state index in [1.165, 1.54) is 0 Å². The standard InChI is InChI=1S/C7H9BrF2O4/c8-3-1-4(12)6(14,2-11)7(9,10)5(3)13/h1,4-5,11-14H,2H2/t4-,5-,6-/m1/s1. The number of hydrogen-bond acceptors (Lipinski definition) is 4. The van der Waals surface area contributed by atoms with Gasteiger partial charge in [0.1, 0.15) is 6.10 Å². The largest absolute Gasteiger partial charge is 0.393 e. The average molecular weight is 275 g/mol. The minimum atomic E-state index is -4.02. The van der Waals surface area contributed by atoms with Crippen molar-refractivity contribution < 1.29 is 29.2 Å². The molecule has 0 bridgehead atoms. The van der Waals surface area contributed by atoms with Gasteiger partial charge in [-0.3, -0.25) is 0 Å². The van der Waals surface area contributed by atoms with Gasteiger partial charge < -0.3 is 20.4 Å². The van der Waals surface area contributed by atoms with Crippen LogP contribution in [0.4, 0.5) is 8.78 Å². The molecule has 0 saturated heterocycles. The summed E-state index contributed by atoms with van der Waals surface area (Å²) in [6, 6.07) is 0. The molecular formula is C7H9BrF2O4. The van der Waals surface area contributed by atoms with Crippen LogP contribution < -0.4 is 0 Å². The molecule has 0 saturated carbocycles. The summed E-state index contributed by atoms with van der Waals surface area (Å²) in [4.78, 5) is 0. The van der Waals surface area contributed by atoms with Crippen LogP contribution in [0.1, 0.15) is 0 Å². The van der Waals surface area contributed by atoms with Crippen molar-refractivity contribution in [2.24, 2.45) is 0 Å². The maximum atomic E-state index is 13.3. The van der Waals surface area contributed by atoms with E-state index in [-0.39, 0.29) is 4.48 Å². The molecule has 0 amide bonds. The van der Waals surface area contributed by atoms with E-state index in [0.29, 0.717) is 0 Å². The second-order valence-electron chi connectivity index (χ2n) is 3.10. The monoisotopic (exact) mass is 274 g/mol. The zero-order valence-electron chi connectivity index (χ0n) is 6.86. The molecule has 0 radical (unpaired) electrons. The van der Waals surface area contributed by atoms with Gasteiger partial charge in [0.25, 0.3) is 0 Å². The van der Waals surface area contributed by atoms with E-state index in [9.17, 15) is 13.9 Å². The Hall–Kier alpha value is -0.0800. The lowest BCUT2D eigenvalue weighted by molar-refractivity contribution is -0.265. The molecule has 0 unspecified atom stereocenters. The highest BCUT2D eigenvalue weighted by atomic mass is 79.9. The van der Waals surface area contributed by atoms with E-state index in [4.69, 9.17) is 15.3 Å². The Labute approximate surface area is 86.6 Å². The molecule has 0 aromatic heterocycles. The summed E-state index contributed by atoms with van der Waals surface area (Å²) in [6.07, 6.45) is -3.40. The SMILES string of the molecule is OC[C@@]1(O)[C@H](O)C=C(Br)[C@@H](O)C1(F)F. The number of rotatable bonds is 1. The van der Waals surface area contributed by atoms with Crippen molar-refractivity contribution in [3.05, 3.63) is 10.6 Å². The van der Waals surface area contributed by atoms with Crippen molar-refractivity contribution in [2.75, 3.05) is 6.61 Å². The van der Waals surface area contributed by atoms with Gasteiger partial charge in [-0.05, 0) is 6.08 Å². The lowest BCUT2D eigenvalue weighted by Crippen LogP contribution is -2.65. The number of halogens is 3. The van der Waals surface area contributed by atoms with Gasteiger partial charge >= 0.3 is 5.92 Å². The van der Waals surface area contributed by atoms with Crippen molar-refractivity contribution in [3.8, 4) is 0 Å². The Balaban J connectivity index is 3.21. The summed E-state index contributed by atoms with van der Waals surface area (Å²) >= 11 is 2.63. The van der Waals surface area contributed by atoms with Crippen molar-refractivity contribution >= 4 is 15.9 Å². The van der Waals surface area contributed by atoms with E-state index in [1.807, 2.05) is 0 Å². The highest BCUT2D eigenvalue weighted by molar-refractivity contribution is 9.11. The number of aliphatic hydroxyl groups is 4. The first-order valence-corrected chi connectivity index (χ1v) is 4.51. The number of alkyl halides is 2. The molecule has 1 rings (SSSR count). The average Bonchev–Trinajstić information content (AvgIpc) is 2.12. The van der Waals surface area contributed by atoms with Crippen LogP contribution in [0.5, 0.6) is 0 Å². The van der Waals surface area contributed by atoms with Crippen LogP contribution >= 0.6 is 15.9 Å². The summed E-state index contributed by atoms with van der Waals surface area (Å²) in [7, 11) is 0. The quantitative estimate of drug-likeness (QED) is 0.513. The van der Waals surface area contributed by atoms with Crippen LogP contribution in [0, 0.1) is 0 Å². The maximum Gasteiger partial charge on any atom is 0.311 e. The van der Waals surface area contributed by atoms with E-state index >= 15 is 0 Å². The molecule has 0 aliphatic heterocycles. The van der Waals surface area contributed by atoms with E-state index in [1.54, 1.807) is 0 Å². The molecule has 0 aromatic carbocycles. The molecule has 7 heteroatoms. The first-order chi connectivity index (χ1) is 6.27. The molecule has 82 valence electrons. The molecule has 4 nitrogen and oxygen atoms in total. The minimum absolute atomic E-state index is 0.326. The third-order valence-corrected chi connectivity index (χ3v) is 2.93. The summed E-state index contributed by atoms with van der Waals surface area (Å²) in [5.74, 6) is -4.02. The van der Waals surface area contributed by atoms with Gasteiger partial charge in [-0.2, -0.15) is 8.78 Å². The van der Waals surface area contributed by atoms with Crippen LogP contribution in [0.3, 0.4) is 0 Å². The molecule has 1 aliphatic carbocycles. The smallest absolute Gasteiger partial charge is 0.311 e. The zero-order valence-corrected chi connectivity index (χ0v) is 8.45. The maximum absolute atomic E-state index is 13.3. The van der Waals surface area contributed by atoms with Crippen molar-refractivity contribution in [1.82, 2.24) is 0 Å². The minimum Gasteiger partial charge on any atom is -0.393 e. The van der Waals surface area contributed by atoms with E-state index in [2.05, 4.69) is 15.9 Å². The second kappa shape index (κ2) is 3.49. The molecule has 0 aromatic rings. The molecule has 0 fully saturated rings. The molecular weight excluding hydrogens is 266 g/mol. The normalized spacial score (nSPS) is 42.1. The summed E-state index contributed by atoms with van der Waals surface area (Å²) in [5.41, 5.74) is -3.05. The van der Waals surface area contributed by atoms with Gasteiger partial charge in [0.05, 0.1) is 6.61 Å². The van der Waals surface area contributed by atoms with Crippen LogP contribution in [0.25, 0.3) is 0 Å². The first kappa shape index (κ1) is 12.0. The van der Waals surface area contributed by atoms with Gasteiger partial charge in [0.15, 0.2) is 11.7 Å². The zero-order chi connectivity index (χ0) is 11.1. The van der Waals surface area contributed by atoms with Gasteiger partial charge in [-0.25, -0.2) is 0 Å². The highest BCUT2D eigenvalue weighted by Gasteiger charge is 2.63. The van der Waals surface area contributed by atoms with Crippen LogP contribution in [0.15, 0.2) is 10.6 Å². The van der Waals surface area contributed by atoms with Gasteiger partial charge in [-0.1, -0.05) is 15.9 Å². The Kier molecular flexibility index (Phi) is 2.99. The topological polar surface area (TPSA) is 80.9 Å². The first-order valence-electron chi connectivity index (χ1n) is 3.71. The summed E-state index contributed by atoms with van der Waals surface area (Å²) in [5, 5.41) is 36.1. The third kappa shape index (κ3) is 1.40. The summed E-state index contributed by atoms with van der Waals surface area (Å²) < 4.78 is 26.2. The van der Waals surface area contributed by atoms with E-state index in [0.717, 1.165) is 6.08 Å². The van der Waals surface area contributed by atoms with Gasteiger partial charge in [0, 0.05) is 4.48 Å². The van der Waals surface area contributed by atoms with Crippen molar-refractivity contribution in [1.29, 1.82) is 0 Å². The molecule has 14 heavy (non-hydrogen) atoms. The Morgan fingerprint density at radius 3 is 2.36 bits per heavy atom. The van der Waals surface area contributed by atoms with Crippen molar-refractivity contribution in [2.45, 2.75) is 23.7 Å². The molecule has 4 N–H and O–H groups in total. The van der Waals surface area contributed by atoms with Crippen LogP contribution in [0.2, 0.25) is 0 Å². The highest BCUT2D eigenvalue weighted by Crippen LogP contribution is 2.43. The predicted molar refractivity (Wildman–Crippen MR) is 46.0 cm³/mol. The van der Waals surface area contributed by atoms with Gasteiger partial charge in [0.2, 0.25) is 0 Å². The fraction of sp³-hybridized carbons (Fsp3) is 0.714. The fourth-order valence-electron chi connectivity index (χ4n) is 1.19. The molecule has 0 spiro atoms. The lowest BCUT2D eigenvalue weighted by atomic mass is 9.82. The molecule has 1 aliphatic rings. The van der Waals surface area contributed by atoms with E-state index < -0.39 is 30.3 Å². The lowest BCUT2D eigenvalue weighted by Gasteiger charge is -2.42. The summed E-state index contributed by atoms with van der Waals surface area (Å²) in [6.45, 7) is -1.35. The van der Waals surface area contributed by atoms with Crippen LogP contribution in [-0.4, -0.2) is 50.8 Å². The number of hydrogen-bond donors (Lipinski definition) is 4. The molecule has 3 atom stereocenters. The number of aliphatic hydroxyl groups excluding tert-OH is 3. The van der Waals surface area contributed by atoms with Crippen molar-refractivity contribution in [3.63, 3.8) is 0 Å². The predicted octanol–water partition coefficient (Wildman–Crippen LogP) is -0.641. The third-order valence-electron chi connectivity index (χ3n) is 2.23. The molecule has 0 heterocycles. The Bertz CT molecular complexity index is 270. The van der Waals surface area contributed by atoms with Gasteiger partial charge in [-0.15, -0.1) is 0 Å². The Morgan fingerprint density at radius 1 is 1.43 bits per heavy atom. The second-order valence-corrected chi connectivity index (χ2v) is 4.02. The fourth-order valence-corrected chi connectivity index (χ4v) is 1.72.